The lowest BCUT2D eigenvalue weighted by Gasteiger charge is -2.09. The second kappa shape index (κ2) is 6.81. The monoisotopic (exact) mass is 233 g/mol. The third-order valence-corrected chi connectivity index (χ3v) is 2.33. The van der Waals surface area contributed by atoms with Gasteiger partial charge in [-0.05, 0) is 42.9 Å². The van der Waals surface area contributed by atoms with Gasteiger partial charge in [0, 0.05) is 12.2 Å². The highest BCUT2D eigenvalue weighted by molar-refractivity contribution is 7.80. The minimum atomic E-state index is 0.623. The summed E-state index contributed by atoms with van der Waals surface area (Å²) in [7, 11) is 0. The molecular formula is C12H15N3S. The maximum Gasteiger partial charge on any atom is 0.170 e. The van der Waals surface area contributed by atoms with Crippen molar-refractivity contribution >= 4 is 23.0 Å². The van der Waals surface area contributed by atoms with Crippen molar-refractivity contribution in [2.75, 3.05) is 11.9 Å². The highest BCUT2D eigenvalue weighted by Gasteiger charge is 1.96. The van der Waals surface area contributed by atoms with Crippen LogP contribution in [0.4, 0.5) is 5.69 Å². The number of rotatable bonds is 4. The van der Waals surface area contributed by atoms with Crippen LogP contribution in [0.2, 0.25) is 0 Å². The molecule has 0 saturated carbocycles. The standard InChI is InChI=1S/C12H15N3S/c1-2-3-8-14-12(16)15-11-6-4-10(9-13)5-7-11/h4-7H,2-3,8H2,1H3,(H2,14,15,16). The molecule has 0 spiro atoms. The Labute approximate surface area is 101 Å². The van der Waals surface area contributed by atoms with Crippen molar-refractivity contribution in [2.24, 2.45) is 0 Å². The van der Waals surface area contributed by atoms with Crippen LogP contribution in [0, 0.1) is 11.3 Å². The van der Waals surface area contributed by atoms with Crippen LogP contribution in [-0.2, 0) is 0 Å². The van der Waals surface area contributed by atoms with E-state index in [4.69, 9.17) is 17.5 Å². The van der Waals surface area contributed by atoms with E-state index in [1.165, 1.54) is 0 Å². The summed E-state index contributed by atoms with van der Waals surface area (Å²) in [6, 6.07) is 9.27. The van der Waals surface area contributed by atoms with Crippen LogP contribution in [0.3, 0.4) is 0 Å². The second-order valence-electron chi connectivity index (χ2n) is 3.42. The highest BCUT2D eigenvalue weighted by atomic mass is 32.1. The van der Waals surface area contributed by atoms with E-state index in [9.17, 15) is 0 Å². The van der Waals surface area contributed by atoms with Gasteiger partial charge in [0.25, 0.3) is 0 Å². The molecule has 16 heavy (non-hydrogen) atoms. The molecule has 1 rings (SSSR count). The Morgan fingerprint density at radius 3 is 2.62 bits per heavy atom. The second-order valence-corrected chi connectivity index (χ2v) is 3.83. The summed E-state index contributed by atoms with van der Waals surface area (Å²) in [5.41, 5.74) is 1.54. The van der Waals surface area contributed by atoms with Crippen molar-refractivity contribution < 1.29 is 0 Å². The van der Waals surface area contributed by atoms with Crippen LogP contribution in [-0.4, -0.2) is 11.7 Å². The van der Waals surface area contributed by atoms with Crippen molar-refractivity contribution in [3.8, 4) is 6.07 Å². The number of thiocarbonyl (C=S) groups is 1. The number of benzene rings is 1. The van der Waals surface area contributed by atoms with E-state index in [1.807, 2.05) is 12.1 Å². The Morgan fingerprint density at radius 1 is 1.38 bits per heavy atom. The molecule has 0 atom stereocenters. The fourth-order valence-electron chi connectivity index (χ4n) is 1.18. The molecule has 0 aliphatic heterocycles. The average molecular weight is 233 g/mol. The molecular weight excluding hydrogens is 218 g/mol. The number of nitriles is 1. The van der Waals surface area contributed by atoms with Crippen LogP contribution >= 0.6 is 12.2 Å². The minimum Gasteiger partial charge on any atom is -0.362 e. The van der Waals surface area contributed by atoms with Gasteiger partial charge < -0.3 is 10.6 Å². The molecule has 0 aromatic heterocycles. The number of anilines is 1. The van der Waals surface area contributed by atoms with Gasteiger partial charge in [0.1, 0.15) is 0 Å². The van der Waals surface area contributed by atoms with Gasteiger partial charge in [-0.3, -0.25) is 0 Å². The van der Waals surface area contributed by atoms with Crippen molar-refractivity contribution in [1.82, 2.24) is 5.32 Å². The van der Waals surface area contributed by atoms with Gasteiger partial charge in [0.2, 0.25) is 0 Å². The third-order valence-electron chi connectivity index (χ3n) is 2.09. The fraction of sp³-hybridized carbons (Fsp3) is 0.333. The van der Waals surface area contributed by atoms with Gasteiger partial charge in [-0.15, -0.1) is 0 Å². The summed E-state index contributed by atoms with van der Waals surface area (Å²) in [6.07, 6.45) is 2.25. The smallest absolute Gasteiger partial charge is 0.170 e. The predicted octanol–water partition coefficient (Wildman–Crippen LogP) is 2.64. The van der Waals surface area contributed by atoms with Crippen LogP contribution < -0.4 is 10.6 Å². The molecule has 2 N–H and O–H groups in total. The maximum atomic E-state index is 8.65. The lowest BCUT2D eigenvalue weighted by molar-refractivity contribution is 0.758. The Morgan fingerprint density at radius 2 is 2.06 bits per heavy atom. The first-order valence-corrected chi connectivity index (χ1v) is 5.72. The van der Waals surface area contributed by atoms with E-state index < -0.39 is 0 Å². The first-order valence-electron chi connectivity index (χ1n) is 5.31. The van der Waals surface area contributed by atoms with Crippen molar-refractivity contribution in [2.45, 2.75) is 19.8 Å². The maximum absolute atomic E-state index is 8.65. The lowest BCUT2D eigenvalue weighted by Crippen LogP contribution is -2.29. The molecule has 0 aliphatic rings. The van der Waals surface area contributed by atoms with Crippen LogP contribution in [0.15, 0.2) is 24.3 Å². The number of hydrogen-bond donors (Lipinski definition) is 2. The Hall–Kier alpha value is -1.60. The molecule has 0 aliphatic carbocycles. The van der Waals surface area contributed by atoms with E-state index in [2.05, 4.69) is 23.6 Å². The van der Waals surface area contributed by atoms with Gasteiger partial charge in [0.05, 0.1) is 11.6 Å². The molecule has 1 aromatic rings. The zero-order valence-electron chi connectivity index (χ0n) is 9.29. The molecule has 0 saturated heterocycles. The van der Waals surface area contributed by atoms with Crippen LogP contribution in [0.25, 0.3) is 0 Å². The molecule has 4 heteroatoms. The molecule has 0 fully saturated rings. The first-order chi connectivity index (χ1) is 7.76. The van der Waals surface area contributed by atoms with Gasteiger partial charge in [-0.2, -0.15) is 5.26 Å². The van der Waals surface area contributed by atoms with Crippen LogP contribution in [0.5, 0.6) is 0 Å². The summed E-state index contributed by atoms with van der Waals surface area (Å²) in [4.78, 5) is 0. The molecule has 0 amide bonds. The summed E-state index contributed by atoms with van der Waals surface area (Å²) >= 11 is 5.12. The summed E-state index contributed by atoms with van der Waals surface area (Å²) < 4.78 is 0. The number of nitrogens with one attached hydrogen (secondary N) is 2. The van der Waals surface area contributed by atoms with Crippen molar-refractivity contribution in [3.05, 3.63) is 29.8 Å². The van der Waals surface area contributed by atoms with Gasteiger partial charge >= 0.3 is 0 Å². The normalized spacial score (nSPS) is 9.25. The SMILES string of the molecule is CCCCNC(=S)Nc1ccc(C#N)cc1. The van der Waals surface area contributed by atoms with Crippen molar-refractivity contribution in [1.29, 1.82) is 5.26 Å². The summed E-state index contributed by atoms with van der Waals surface area (Å²) in [5.74, 6) is 0. The zero-order valence-corrected chi connectivity index (χ0v) is 10.1. The summed E-state index contributed by atoms with van der Waals surface area (Å²) in [6.45, 7) is 3.03. The zero-order chi connectivity index (χ0) is 11.8. The van der Waals surface area contributed by atoms with Crippen molar-refractivity contribution in [3.63, 3.8) is 0 Å². The van der Waals surface area contributed by atoms with E-state index in [-0.39, 0.29) is 0 Å². The van der Waals surface area contributed by atoms with Gasteiger partial charge in [-0.1, -0.05) is 13.3 Å². The molecule has 0 radical (unpaired) electrons. The topological polar surface area (TPSA) is 47.8 Å². The van der Waals surface area contributed by atoms with E-state index >= 15 is 0 Å². The van der Waals surface area contributed by atoms with Gasteiger partial charge in [-0.25, -0.2) is 0 Å². The fourth-order valence-corrected chi connectivity index (χ4v) is 1.40. The molecule has 84 valence electrons. The number of unbranched alkanes of at least 4 members (excludes halogenated alkanes) is 1. The Balaban J connectivity index is 2.41. The van der Waals surface area contributed by atoms with Crippen LogP contribution in [0.1, 0.15) is 25.3 Å². The third kappa shape index (κ3) is 4.28. The number of nitrogens with zero attached hydrogens (tertiary/aromatic N) is 1. The first kappa shape index (κ1) is 12.5. The highest BCUT2D eigenvalue weighted by Crippen LogP contribution is 2.08. The molecule has 1 aromatic carbocycles. The minimum absolute atomic E-state index is 0.623. The van der Waals surface area contributed by atoms with Gasteiger partial charge in [0.15, 0.2) is 5.11 Å². The quantitative estimate of drug-likeness (QED) is 0.620. The van der Waals surface area contributed by atoms with E-state index in [0.717, 1.165) is 25.1 Å². The summed E-state index contributed by atoms with van der Waals surface area (Å²) in [5, 5.41) is 15.4. The Kier molecular flexibility index (Phi) is 5.30. The number of hydrogen-bond acceptors (Lipinski definition) is 2. The average Bonchev–Trinajstić information content (AvgIpc) is 2.30. The lowest BCUT2D eigenvalue weighted by atomic mass is 10.2. The van der Waals surface area contributed by atoms with E-state index in [1.54, 1.807) is 12.1 Å². The molecule has 3 nitrogen and oxygen atoms in total. The predicted molar refractivity (Wildman–Crippen MR) is 70.3 cm³/mol. The molecule has 0 heterocycles. The largest absolute Gasteiger partial charge is 0.362 e. The Bertz CT molecular complexity index is 378. The molecule has 0 unspecified atom stereocenters. The molecule has 0 bridgehead atoms. The van der Waals surface area contributed by atoms with E-state index in [0.29, 0.717) is 10.7 Å².